The summed E-state index contributed by atoms with van der Waals surface area (Å²) in [6.07, 6.45) is 1.78. The zero-order valence-corrected chi connectivity index (χ0v) is 12.4. The highest BCUT2D eigenvalue weighted by Crippen LogP contribution is 2.35. The molecule has 3 heteroatoms. The molecule has 0 saturated heterocycles. The Balaban J connectivity index is 2.06. The lowest BCUT2D eigenvalue weighted by Crippen LogP contribution is -1.90. The van der Waals surface area contributed by atoms with Crippen LogP contribution in [0.25, 0.3) is 10.9 Å². The Bertz CT molecular complexity index is 781. The summed E-state index contributed by atoms with van der Waals surface area (Å²) < 4.78 is 0. The van der Waals surface area contributed by atoms with Gasteiger partial charge in [0.15, 0.2) is 0 Å². The minimum Gasteiger partial charge on any atom is -0.397 e. The first-order valence-corrected chi connectivity index (χ1v) is 7.35. The molecule has 0 aliphatic heterocycles. The first-order chi connectivity index (χ1) is 9.65. The average molecular weight is 280 g/mol. The van der Waals surface area contributed by atoms with Gasteiger partial charge in [0.25, 0.3) is 0 Å². The third-order valence-electron chi connectivity index (χ3n) is 3.47. The van der Waals surface area contributed by atoms with E-state index in [9.17, 15) is 0 Å². The van der Waals surface area contributed by atoms with Gasteiger partial charge in [0.2, 0.25) is 0 Å². The van der Waals surface area contributed by atoms with Crippen LogP contribution >= 0.6 is 11.8 Å². The maximum absolute atomic E-state index is 5.99. The maximum Gasteiger partial charge on any atom is 0.0942 e. The summed E-state index contributed by atoms with van der Waals surface area (Å²) in [7, 11) is 0. The van der Waals surface area contributed by atoms with E-state index in [1.54, 1.807) is 18.0 Å². The molecule has 2 aromatic carbocycles. The molecule has 2 nitrogen and oxygen atoms in total. The summed E-state index contributed by atoms with van der Waals surface area (Å²) in [5.74, 6) is 0. The van der Waals surface area contributed by atoms with Crippen molar-refractivity contribution >= 4 is 28.4 Å². The van der Waals surface area contributed by atoms with Crippen molar-refractivity contribution in [1.29, 1.82) is 0 Å². The molecule has 2 N–H and O–H groups in total. The quantitative estimate of drug-likeness (QED) is 0.698. The van der Waals surface area contributed by atoms with Crippen LogP contribution in [-0.2, 0) is 0 Å². The van der Waals surface area contributed by atoms with Crippen LogP contribution in [0.15, 0.2) is 58.5 Å². The van der Waals surface area contributed by atoms with E-state index in [0.717, 1.165) is 16.6 Å². The summed E-state index contributed by atoms with van der Waals surface area (Å²) in [6, 6.07) is 14.6. The predicted octanol–water partition coefficient (Wildman–Crippen LogP) is 4.59. The van der Waals surface area contributed by atoms with E-state index >= 15 is 0 Å². The Morgan fingerprint density at radius 1 is 1.00 bits per heavy atom. The van der Waals surface area contributed by atoms with Gasteiger partial charge in [-0.3, -0.25) is 4.98 Å². The topological polar surface area (TPSA) is 38.9 Å². The number of anilines is 1. The molecular weight excluding hydrogens is 264 g/mol. The maximum atomic E-state index is 5.99. The number of hydrogen-bond donors (Lipinski definition) is 1. The number of nitrogens with zero attached hydrogens (tertiary/aromatic N) is 1. The van der Waals surface area contributed by atoms with Crippen molar-refractivity contribution in [2.24, 2.45) is 0 Å². The second kappa shape index (κ2) is 5.17. The number of pyridine rings is 1. The Morgan fingerprint density at radius 3 is 2.65 bits per heavy atom. The molecule has 0 spiro atoms. The smallest absolute Gasteiger partial charge is 0.0942 e. The van der Waals surface area contributed by atoms with Crippen molar-refractivity contribution < 1.29 is 0 Å². The highest BCUT2D eigenvalue weighted by Gasteiger charge is 2.07. The molecule has 0 aliphatic carbocycles. The number of fused-ring (bicyclic) bond motifs is 1. The highest BCUT2D eigenvalue weighted by molar-refractivity contribution is 7.99. The van der Waals surface area contributed by atoms with E-state index in [1.807, 2.05) is 12.1 Å². The summed E-state index contributed by atoms with van der Waals surface area (Å²) in [5, 5.41) is 1.11. The van der Waals surface area contributed by atoms with E-state index in [-0.39, 0.29) is 0 Å². The summed E-state index contributed by atoms with van der Waals surface area (Å²) in [6.45, 7) is 4.27. The van der Waals surface area contributed by atoms with E-state index in [0.29, 0.717) is 0 Å². The molecule has 20 heavy (non-hydrogen) atoms. The second-order valence-electron chi connectivity index (χ2n) is 4.90. The Labute approximate surface area is 123 Å². The molecule has 100 valence electrons. The fourth-order valence-electron chi connectivity index (χ4n) is 2.16. The summed E-state index contributed by atoms with van der Waals surface area (Å²) in [4.78, 5) is 6.80. The molecular formula is C17H16N2S. The van der Waals surface area contributed by atoms with Gasteiger partial charge in [-0.1, -0.05) is 23.9 Å². The SMILES string of the molecule is Cc1ccc(Sc2ccc(N)c3ncccc23)cc1C. The van der Waals surface area contributed by atoms with Gasteiger partial charge in [-0.25, -0.2) is 0 Å². The fraction of sp³-hybridized carbons (Fsp3) is 0.118. The van der Waals surface area contributed by atoms with E-state index in [1.165, 1.54) is 20.9 Å². The fourth-order valence-corrected chi connectivity index (χ4v) is 3.20. The number of nitrogen functional groups attached to an aromatic ring is 1. The number of benzene rings is 2. The Morgan fingerprint density at radius 2 is 1.85 bits per heavy atom. The van der Waals surface area contributed by atoms with Gasteiger partial charge in [0.1, 0.15) is 0 Å². The Kier molecular flexibility index (Phi) is 3.36. The van der Waals surface area contributed by atoms with Crippen molar-refractivity contribution in [2.45, 2.75) is 23.6 Å². The van der Waals surface area contributed by atoms with Crippen LogP contribution < -0.4 is 5.73 Å². The summed E-state index contributed by atoms with van der Waals surface area (Å²) in [5.41, 5.74) is 10.2. The molecule has 0 aliphatic rings. The van der Waals surface area contributed by atoms with Crippen LogP contribution in [0.2, 0.25) is 0 Å². The molecule has 0 radical (unpaired) electrons. The van der Waals surface area contributed by atoms with Gasteiger partial charge >= 0.3 is 0 Å². The standard InChI is InChI=1S/C17H16N2S/c1-11-5-6-13(10-12(11)2)20-16-8-7-15(18)17-14(16)4-3-9-19-17/h3-10H,18H2,1-2H3. The van der Waals surface area contributed by atoms with Gasteiger partial charge in [-0.2, -0.15) is 0 Å². The number of hydrogen-bond acceptors (Lipinski definition) is 3. The first kappa shape index (κ1) is 13.0. The largest absolute Gasteiger partial charge is 0.397 e. The average Bonchev–Trinajstić information content (AvgIpc) is 2.46. The van der Waals surface area contributed by atoms with E-state index in [2.05, 4.69) is 49.2 Å². The van der Waals surface area contributed by atoms with Crippen molar-refractivity contribution in [1.82, 2.24) is 4.98 Å². The zero-order valence-electron chi connectivity index (χ0n) is 11.6. The lowest BCUT2D eigenvalue weighted by molar-refractivity contribution is 1.27. The molecule has 0 saturated carbocycles. The normalized spacial score (nSPS) is 10.9. The number of aryl methyl sites for hydroxylation is 2. The third-order valence-corrected chi connectivity index (χ3v) is 4.53. The molecule has 0 unspecified atom stereocenters. The van der Waals surface area contributed by atoms with Crippen molar-refractivity contribution in [2.75, 3.05) is 5.73 Å². The van der Waals surface area contributed by atoms with E-state index in [4.69, 9.17) is 5.73 Å². The monoisotopic (exact) mass is 280 g/mol. The first-order valence-electron chi connectivity index (χ1n) is 6.53. The highest BCUT2D eigenvalue weighted by atomic mass is 32.2. The number of aromatic nitrogens is 1. The van der Waals surface area contributed by atoms with Crippen molar-refractivity contribution in [3.05, 3.63) is 59.8 Å². The van der Waals surface area contributed by atoms with Crippen LogP contribution in [0.4, 0.5) is 5.69 Å². The second-order valence-corrected chi connectivity index (χ2v) is 6.02. The predicted molar refractivity (Wildman–Crippen MR) is 86.2 cm³/mol. The van der Waals surface area contributed by atoms with Gasteiger partial charge in [0, 0.05) is 21.4 Å². The lowest BCUT2D eigenvalue weighted by atomic mass is 10.1. The third kappa shape index (κ3) is 2.37. The minimum absolute atomic E-state index is 0.727. The zero-order chi connectivity index (χ0) is 14.1. The van der Waals surface area contributed by atoms with Crippen LogP contribution in [0.5, 0.6) is 0 Å². The van der Waals surface area contributed by atoms with Gasteiger partial charge in [-0.05, 0) is 55.3 Å². The molecule has 0 amide bonds. The van der Waals surface area contributed by atoms with Gasteiger partial charge < -0.3 is 5.73 Å². The van der Waals surface area contributed by atoms with Crippen LogP contribution in [0.3, 0.4) is 0 Å². The van der Waals surface area contributed by atoms with Crippen molar-refractivity contribution in [3.8, 4) is 0 Å². The molecule has 0 atom stereocenters. The Hall–Kier alpha value is -2.00. The van der Waals surface area contributed by atoms with Crippen LogP contribution in [0, 0.1) is 13.8 Å². The minimum atomic E-state index is 0.727. The molecule has 0 fully saturated rings. The molecule has 3 aromatic rings. The van der Waals surface area contributed by atoms with Gasteiger partial charge in [0.05, 0.1) is 11.2 Å². The van der Waals surface area contributed by atoms with Crippen LogP contribution in [-0.4, -0.2) is 4.98 Å². The molecule has 1 heterocycles. The van der Waals surface area contributed by atoms with Gasteiger partial charge in [-0.15, -0.1) is 0 Å². The lowest BCUT2D eigenvalue weighted by Gasteiger charge is -2.09. The van der Waals surface area contributed by atoms with Crippen LogP contribution in [0.1, 0.15) is 11.1 Å². The molecule has 0 bridgehead atoms. The molecule has 1 aromatic heterocycles. The van der Waals surface area contributed by atoms with E-state index < -0.39 is 0 Å². The number of nitrogens with two attached hydrogens (primary N) is 1. The summed E-state index contributed by atoms with van der Waals surface area (Å²) >= 11 is 1.75. The number of rotatable bonds is 2. The van der Waals surface area contributed by atoms with Crippen molar-refractivity contribution in [3.63, 3.8) is 0 Å². The molecule has 3 rings (SSSR count).